The second kappa shape index (κ2) is 7.81. The predicted molar refractivity (Wildman–Crippen MR) is 97.8 cm³/mol. The Balaban J connectivity index is 1.96. The van der Waals surface area contributed by atoms with Crippen molar-refractivity contribution in [3.63, 3.8) is 0 Å². The number of aryl methyl sites for hydroxylation is 1. The molecule has 0 fully saturated rings. The van der Waals surface area contributed by atoms with Gasteiger partial charge in [-0.3, -0.25) is 0 Å². The largest absolute Gasteiger partial charge is 0.497 e. The van der Waals surface area contributed by atoms with Crippen LogP contribution >= 0.6 is 0 Å². The molecule has 0 spiro atoms. The summed E-state index contributed by atoms with van der Waals surface area (Å²) in [5.74, 6) is 0.792. The van der Waals surface area contributed by atoms with E-state index in [1.807, 2.05) is 68.4 Å². The Morgan fingerprint density at radius 1 is 1.00 bits per heavy atom. The number of ether oxygens (including phenoxy) is 1. The van der Waals surface area contributed by atoms with Gasteiger partial charge in [0.25, 0.3) is 0 Å². The van der Waals surface area contributed by atoms with E-state index in [1.165, 1.54) is 0 Å². The van der Waals surface area contributed by atoms with Gasteiger partial charge in [-0.05, 0) is 49.9 Å². The zero-order chi connectivity index (χ0) is 17.6. The molecule has 0 atom stereocenters. The van der Waals surface area contributed by atoms with E-state index in [9.17, 15) is 8.42 Å². The molecule has 0 unspecified atom stereocenters. The first-order valence-electron chi connectivity index (χ1n) is 7.98. The van der Waals surface area contributed by atoms with Crippen molar-refractivity contribution in [3.05, 3.63) is 65.7 Å². The average Bonchev–Trinajstić information content (AvgIpc) is 2.53. The minimum absolute atomic E-state index is 0.0540. The van der Waals surface area contributed by atoms with Gasteiger partial charge in [-0.25, -0.2) is 13.1 Å². The number of rotatable bonds is 8. The molecule has 2 aromatic rings. The molecule has 5 heteroatoms. The Morgan fingerprint density at radius 2 is 1.67 bits per heavy atom. The molecule has 0 aromatic heterocycles. The van der Waals surface area contributed by atoms with E-state index in [4.69, 9.17) is 4.74 Å². The van der Waals surface area contributed by atoms with Crippen molar-refractivity contribution < 1.29 is 13.2 Å². The summed E-state index contributed by atoms with van der Waals surface area (Å²) in [5.41, 5.74) is 1.52. The molecule has 4 nitrogen and oxygen atoms in total. The standard InChI is InChI=1S/C19H25NO3S/c1-19(2,15-17-8-5-4-6-9-17)20-24(21,22)13-12-16-10-7-11-18(14-16)23-3/h4-11,14,20H,12-13,15H2,1-3H3. The first-order valence-corrected chi connectivity index (χ1v) is 9.63. The Labute approximate surface area is 144 Å². The van der Waals surface area contributed by atoms with E-state index in [-0.39, 0.29) is 5.75 Å². The number of sulfonamides is 1. The molecule has 0 aliphatic heterocycles. The van der Waals surface area contributed by atoms with E-state index in [2.05, 4.69) is 4.72 Å². The van der Waals surface area contributed by atoms with Gasteiger partial charge < -0.3 is 4.74 Å². The molecule has 0 bridgehead atoms. The summed E-state index contributed by atoms with van der Waals surface area (Å²) in [6, 6.07) is 17.4. The topological polar surface area (TPSA) is 55.4 Å². The van der Waals surface area contributed by atoms with Crippen LogP contribution in [0.25, 0.3) is 0 Å². The molecule has 24 heavy (non-hydrogen) atoms. The van der Waals surface area contributed by atoms with E-state index >= 15 is 0 Å². The van der Waals surface area contributed by atoms with Crippen LogP contribution in [0.5, 0.6) is 5.75 Å². The molecule has 0 amide bonds. The summed E-state index contributed by atoms with van der Waals surface area (Å²) >= 11 is 0. The fourth-order valence-corrected chi connectivity index (χ4v) is 4.22. The molecular weight excluding hydrogens is 322 g/mol. The van der Waals surface area contributed by atoms with Crippen LogP contribution in [0.4, 0.5) is 0 Å². The van der Waals surface area contributed by atoms with Crippen LogP contribution in [0.3, 0.4) is 0 Å². The van der Waals surface area contributed by atoms with Crippen molar-refractivity contribution in [1.82, 2.24) is 4.72 Å². The van der Waals surface area contributed by atoms with Crippen LogP contribution in [-0.4, -0.2) is 26.8 Å². The normalized spacial score (nSPS) is 12.1. The zero-order valence-corrected chi connectivity index (χ0v) is 15.3. The van der Waals surface area contributed by atoms with Crippen LogP contribution < -0.4 is 9.46 Å². The van der Waals surface area contributed by atoms with Crippen molar-refractivity contribution in [2.45, 2.75) is 32.2 Å². The van der Waals surface area contributed by atoms with Gasteiger partial charge in [0.2, 0.25) is 10.0 Å². The molecule has 0 heterocycles. The Hall–Kier alpha value is -1.85. The highest BCUT2D eigenvalue weighted by Gasteiger charge is 2.25. The SMILES string of the molecule is COc1cccc(CCS(=O)(=O)NC(C)(C)Cc2ccccc2)c1. The summed E-state index contributed by atoms with van der Waals surface area (Å²) in [5, 5.41) is 0. The summed E-state index contributed by atoms with van der Waals surface area (Å²) in [6.07, 6.45) is 1.10. The van der Waals surface area contributed by atoms with Gasteiger partial charge in [0.1, 0.15) is 5.75 Å². The lowest BCUT2D eigenvalue weighted by atomic mass is 9.96. The van der Waals surface area contributed by atoms with Gasteiger partial charge in [-0.2, -0.15) is 0 Å². The maximum Gasteiger partial charge on any atom is 0.212 e. The fourth-order valence-electron chi connectivity index (χ4n) is 2.69. The molecule has 1 N–H and O–H groups in total. The summed E-state index contributed by atoms with van der Waals surface area (Å²) in [4.78, 5) is 0. The van der Waals surface area contributed by atoms with Gasteiger partial charge in [0, 0.05) is 5.54 Å². The molecule has 0 saturated heterocycles. The van der Waals surface area contributed by atoms with Crippen LogP contribution in [0, 0.1) is 0 Å². The summed E-state index contributed by atoms with van der Waals surface area (Å²) in [7, 11) is -1.77. The number of benzene rings is 2. The maximum atomic E-state index is 12.4. The maximum absolute atomic E-state index is 12.4. The Bertz CT molecular complexity index is 755. The molecule has 130 valence electrons. The van der Waals surface area contributed by atoms with Gasteiger partial charge in [-0.1, -0.05) is 42.5 Å². The number of hydrogen-bond acceptors (Lipinski definition) is 3. The average molecular weight is 347 g/mol. The van der Waals surface area contributed by atoms with Crippen molar-refractivity contribution in [3.8, 4) is 5.75 Å². The third kappa shape index (κ3) is 5.98. The van der Waals surface area contributed by atoms with Gasteiger partial charge in [0.15, 0.2) is 0 Å². The molecule has 0 aliphatic carbocycles. The van der Waals surface area contributed by atoms with Crippen LogP contribution in [0.2, 0.25) is 0 Å². The lowest BCUT2D eigenvalue weighted by molar-refractivity contribution is 0.414. The van der Waals surface area contributed by atoms with Crippen LogP contribution in [-0.2, 0) is 22.9 Å². The molecule has 0 radical (unpaired) electrons. The zero-order valence-electron chi connectivity index (χ0n) is 14.5. The minimum Gasteiger partial charge on any atom is -0.497 e. The predicted octanol–water partition coefficient (Wildman–Crippen LogP) is 3.18. The first kappa shape index (κ1) is 18.5. The number of hydrogen-bond donors (Lipinski definition) is 1. The number of methoxy groups -OCH3 is 1. The van der Waals surface area contributed by atoms with Crippen molar-refractivity contribution in [1.29, 1.82) is 0 Å². The second-order valence-electron chi connectivity index (χ2n) is 6.57. The third-order valence-electron chi connectivity index (χ3n) is 3.71. The summed E-state index contributed by atoms with van der Waals surface area (Å²) in [6.45, 7) is 3.81. The highest BCUT2D eigenvalue weighted by molar-refractivity contribution is 7.89. The summed E-state index contributed by atoms with van der Waals surface area (Å²) < 4.78 is 32.8. The van der Waals surface area contributed by atoms with Crippen LogP contribution in [0.15, 0.2) is 54.6 Å². The van der Waals surface area contributed by atoms with E-state index in [1.54, 1.807) is 7.11 Å². The van der Waals surface area contributed by atoms with Gasteiger partial charge in [-0.15, -0.1) is 0 Å². The first-order chi connectivity index (χ1) is 11.3. The van der Waals surface area contributed by atoms with E-state index in [0.717, 1.165) is 16.9 Å². The van der Waals surface area contributed by atoms with Gasteiger partial charge >= 0.3 is 0 Å². The highest BCUT2D eigenvalue weighted by atomic mass is 32.2. The lowest BCUT2D eigenvalue weighted by Crippen LogP contribution is -2.46. The fraction of sp³-hybridized carbons (Fsp3) is 0.368. The van der Waals surface area contributed by atoms with Gasteiger partial charge in [0.05, 0.1) is 12.9 Å². The molecular formula is C19H25NO3S. The van der Waals surface area contributed by atoms with E-state index < -0.39 is 15.6 Å². The highest BCUT2D eigenvalue weighted by Crippen LogP contribution is 2.16. The van der Waals surface area contributed by atoms with Crippen molar-refractivity contribution in [2.24, 2.45) is 0 Å². The molecule has 0 saturated carbocycles. The monoisotopic (exact) mass is 347 g/mol. The second-order valence-corrected chi connectivity index (χ2v) is 8.41. The molecule has 2 rings (SSSR count). The minimum atomic E-state index is -3.37. The Kier molecular flexibility index (Phi) is 6.02. The number of nitrogens with one attached hydrogen (secondary N) is 1. The van der Waals surface area contributed by atoms with Crippen molar-refractivity contribution in [2.75, 3.05) is 12.9 Å². The molecule has 2 aromatic carbocycles. The van der Waals surface area contributed by atoms with E-state index in [0.29, 0.717) is 12.8 Å². The third-order valence-corrected chi connectivity index (χ3v) is 5.32. The smallest absolute Gasteiger partial charge is 0.212 e. The molecule has 0 aliphatic rings. The lowest BCUT2D eigenvalue weighted by Gasteiger charge is -2.26. The van der Waals surface area contributed by atoms with Crippen molar-refractivity contribution >= 4 is 10.0 Å². The van der Waals surface area contributed by atoms with Crippen LogP contribution in [0.1, 0.15) is 25.0 Å². The quantitative estimate of drug-likeness (QED) is 0.798. The Morgan fingerprint density at radius 3 is 2.33 bits per heavy atom.